The topological polar surface area (TPSA) is 3.24 Å². The Labute approximate surface area is 131 Å². The summed E-state index contributed by atoms with van der Waals surface area (Å²) in [6.45, 7) is 4.53. The maximum atomic E-state index is 2.57. The Hall–Kier alpha value is -2.28. The van der Waals surface area contributed by atoms with Crippen LogP contribution in [0.25, 0.3) is 21.9 Å². The molecule has 0 bridgehead atoms. The van der Waals surface area contributed by atoms with E-state index in [9.17, 15) is 0 Å². The minimum absolute atomic E-state index is 1.08. The molecule has 0 saturated carbocycles. The predicted octanol–water partition coefficient (Wildman–Crippen LogP) is 4.79. The molecule has 0 fully saturated rings. The van der Waals surface area contributed by atoms with Crippen LogP contribution in [0.3, 0.4) is 0 Å². The normalized spacial score (nSPS) is 15.0. The number of rotatable bonds is 1. The van der Waals surface area contributed by atoms with Crippen LogP contribution in [0.1, 0.15) is 23.6 Å². The summed E-state index contributed by atoms with van der Waals surface area (Å²) in [5, 5.41) is 2.94. The van der Waals surface area contributed by atoms with Crippen molar-refractivity contribution in [1.29, 1.82) is 0 Å². The fraction of sp³-hybridized carbons (Fsp3) is 0.238. The lowest BCUT2D eigenvalue weighted by molar-refractivity contribution is 0.869. The van der Waals surface area contributed by atoms with Crippen molar-refractivity contribution >= 4 is 16.5 Å². The van der Waals surface area contributed by atoms with E-state index in [1.54, 1.807) is 5.56 Å². The zero-order chi connectivity index (χ0) is 14.7. The van der Waals surface area contributed by atoms with Gasteiger partial charge in [-0.2, -0.15) is 0 Å². The second kappa shape index (κ2) is 4.36. The highest BCUT2D eigenvalue weighted by Gasteiger charge is 2.31. The maximum Gasteiger partial charge on any atom is 0.0488 e. The molecule has 2 aliphatic rings. The van der Waals surface area contributed by atoms with Gasteiger partial charge in [0.2, 0.25) is 0 Å². The lowest BCUT2D eigenvalue weighted by Crippen LogP contribution is -2.19. The van der Waals surface area contributed by atoms with Gasteiger partial charge in [-0.15, -0.1) is 0 Å². The van der Waals surface area contributed by atoms with Gasteiger partial charge in [0.25, 0.3) is 0 Å². The minimum Gasteiger partial charge on any atom is -0.371 e. The van der Waals surface area contributed by atoms with Gasteiger partial charge in [0, 0.05) is 24.3 Å². The first-order chi connectivity index (χ1) is 10.9. The predicted molar refractivity (Wildman–Crippen MR) is 93.8 cm³/mol. The molecular formula is C21H19N. The highest BCUT2D eigenvalue weighted by molar-refractivity contribution is 6.05. The van der Waals surface area contributed by atoms with Crippen molar-refractivity contribution in [2.75, 3.05) is 18.0 Å². The summed E-state index contributed by atoms with van der Waals surface area (Å²) in [6, 6.07) is 18.0. The highest BCUT2D eigenvalue weighted by atomic mass is 15.1. The van der Waals surface area contributed by atoms with E-state index in [0.717, 1.165) is 19.5 Å². The average molecular weight is 285 g/mol. The molecule has 1 heteroatoms. The lowest BCUT2D eigenvalue weighted by Gasteiger charge is -2.22. The number of hydrogen-bond acceptors (Lipinski definition) is 1. The standard InChI is InChI=1S/C21H19N/c1-2-22-12-11-18-16-9-5-6-10-17(16)19-13-14-7-3-4-8-15(14)20(19)21(18)22/h3-10H,2,11-13H2,1H3. The van der Waals surface area contributed by atoms with Crippen molar-refractivity contribution in [1.82, 2.24) is 0 Å². The fourth-order valence-electron chi connectivity index (χ4n) is 4.42. The molecule has 0 aromatic heterocycles. The zero-order valence-electron chi connectivity index (χ0n) is 12.9. The molecule has 22 heavy (non-hydrogen) atoms. The van der Waals surface area contributed by atoms with E-state index in [4.69, 9.17) is 0 Å². The lowest BCUT2D eigenvalue weighted by atomic mass is 9.92. The molecule has 3 aromatic carbocycles. The number of likely N-dealkylation sites (N-methyl/N-ethyl adjacent to an activating group) is 1. The van der Waals surface area contributed by atoms with Gasteiger partial charge in [-0.05, 0) is 52.8 Å². The van der Waals surface area contributed by atoms with Crippen LogP contribution in [0.4, 0.5) is 5.69 Å². The Kier molecular flexibility index (Phi) is 2.43. The third kappa shape index (κ3) is 1.44. The molecule has 0 unspecified atom stereocenters. The van der Waals surface area contributed by atoms with Crippen LogP contribution >= 0.6 is 0 Å². The molecular weight excluding hydrogens is 266 g/mol. The first-order valence-corrected chi connectivity index (χ1v) is 8.28. The Morgan fingerprint density at radius 1 is 0.909 bits per heavy atom. The molecule has 3 aromatic rings. The average Bonchev–Trinajstić information content (AvgIpc) is 3.16. The van der Waals surface area contributed by atoms with E-state index in [-0.39, 0.29) is 0 Å². The van der Waals surface area contributed by atoms with E-state index < -0.39 is 0 Å². The quantitative estimate of drug-likeness (QED) is 0.486. The number of hydrogen-bond donors (Lipinski definition) is 0. The van der Waals surface area contributed by atoms with Crippen LogP contribution in [-0.4, -0.2) is 13.1 Å². The first kappa shape index (κ1) is 12.3. The van der Waals surface area contributed by atoms with Gasteiger partial charge in [0.15, 0.2) is 0 Å². The molecule has 0 N–H and O–H groups in total. The van der Waals surface area contributed by atoms with Gasteiger partial charge < -0.3 is 4.90 Å². The number of fused-ring (bicyclic) bond motifs is 8. The number of nitrogens with zero attached hydrogens (tertiary/aromatic N) is 1. The molecule has 1 aliphatic carbocycles. The highest BCUT2D eigenvalue weighted by Crippen LogP contribution is 2.50. The summed E-state index contributed by atoms with van der Waals surface area (Å²) in [5.74, 6) is 0. The fourth-order valence-corrected chi connectivity index (χ4v) is 4.42. The Balaban J connectivity index is 1.96. The van der Waals surface area contributed by atoms with Gasteiger partial charge in [0.1, 0.15) is 0 Å². The summed E-state index contributed by atoms with van der Waals surface area (Å²) in [6.07, 6.45) is 2.26. The van der Waals surface area contributed by atoms with Crippen LogP contribution in [-0.2, 0) is 12.8 Å². The summed E-state index contributed by atoms with van der Waals surface area (Å²) < 4.78 is 0. The van der Waals surface area contributed by atoms with E-state index in [0.29, 0.717) is 0 Å². The van der Waals surface area contributed by atoms with Gasteiger partial charge in [-0.25, -0.2) is 0 Å². The summed E-state index contributed by atoms with van der Waals surface area (Å²) in [7, 11) is 0. The van der Waals surface area contributed by atoms with Gasteiger partial charge >= 0.3 is 0 Å². The van der Waals surface area contributed by atoms with Crippen LogP contribution in [0.15, 0.2) is 48.5 Å². The second-order valence-corrected chi connectivity index (χ2v) is 6.39. The number of anilines is 1. The summed E-state index contributed by atoms with van der Waals surface area (Å²) in [4.78, 5) is 2.57. The monoisotopic (exact) mass is 285 g/mol. The van der Waals surface area contributed by atoms with Crippen LogP contribution < -0.4 is 4.90 Å². The van der Waals surface area contributed by atoms with Crippen molar-refractivity contribution in [3.63, 3.8) is 0 Å². The van der Waals surface area contributed by atoms with E-state index in [1.165, 1.54) is 45.1 Å². The third-order valence-corrected chi connectivity index (χ3v) is 5.39. The summed E-state index contributed by atoms with van der Waals surface area (Å²) >= 11 is 0. The Bertz CT molecular complexity index is 907. The largest absolute Gasteiger partial charge is 0.371 e. The van der Waals surface area contributed by atoms with E-state index in [2.05, 4.69) is 60.4 Å². The molecule has 0 spiro atoms. The zero-order valence-corrected chi connectivity index (χ0v) is 12.9. The van der Waals surface area contributed by atoms with Gasteiger partial charge in [-0.1, -0.05) is 48.5 Å². The second-order valence-electron chi connectivity index (χ2n) is 6.39. The van der Waals surface area contributed by atoms with Crippen molar-refractivity contribution < 1.29 is 0 Å². The van der Waals surface area contributed by atoms with Crippen molar-refractivity contribution in [3.8, 4) is 11.1 Å². The molecule has 1 aliphatic heterocycles. The molecule has 0 saturated heterocycles. The minimum atomic E-state index is 1.08. The molecule has 0 atom stereocenters. The SMILES string of the molecule is CCN1CCc2c1c1c(c3ccccc23)Cc2ccccc2-1. The molecule has 1 heterocycles. The van der Waals surface area contributed by atoms with E-state index in [1.807, 2.05) is 0 Å². The smallest absolute Gasteiger partial charge is 0.0488 e. The van der Waals surface area contributed by atoms with Crippen LogP contribution in [0.5, 0.6) is 0 Å². The van der Waals surface area contributed by atoms with Gasteiger partial charge in [-0.3, -0.25) is 0 Å². The van der Waals surface area contributed by atoms with Crippen molar-refractivity contribution in [2.45, 2.75) is 19.8 Å². The first-order valence-electron chi connectivity index (χ1n) is 8.28. The van der Waals surface area contributed by atoms with Crippen LogP contribution in [0, 0.1) is 0 Å². The third-order valence-electron chi connectivity index (χ3n) is 5.39. The molecule has 0 radical (unpaired) electrons. The van der Waals surface area contributed by atoms with Gasteiger partial charge in [0.05, 0.1) is 0 Å². The Morgan fingerprint density at radius 3 is 2.45 bits per heavy atom. The van der Waals surface area contributed by atoms with Crippen LogP contribution in [0.2, 0.25) is 0 Å². The summed E-state index contributed by atoms with van der Waals surface area (Å²) in [5.41, 5.74) is 9.08. The van der Waals surface area contributed by atoms with E-state index >= 15 is 0 Å². The molecule has 0 amide bonds. The molecule has 5 rings (SSSR count). The van der Waals surface area contributed by atoms with Crippen molar-refractivity contribution in [2.24, 2.45) is 0 Å². The number of benzene rings is 3. The molecule has 1 nitrogen and oxygen atoms in total. The molecule has 108 valence electrons. The van der Waals surface area contributed by atoms with Crippen molar-refractivity contribution in [3.05, 3.63) is 65.2 Å². The Morgan fingerprint density at radius 2 is 1.64 bits per heavy atom. The maximum absolute atomic E-state index is 2.57.